The molecule has 0 aromatic heterocycles. The van der Waals surface area contributed by atoms with Crippen molar-refractivity contribution >= 4 is 12.1 Å². The molecule has 0 aliphatic heterocycles. The molecule has 3 rings (SSSR count). The second-order valence-electron chi connectivity index (χ2n) is 12.9. The summed E-state index contributed by atoms with van der Waals surface area (Å²) in [5.74, 6) is 1.66. The summed E-state index contributed by atoms with van der Waals surface area (Å²) in [5, 5.41) is 3.01. The van der Waals surface area contributed by atoms with Gasteiger partial charge in [0.2, 0.25) is 0 Å². The molecule has 1 aliphatic rings. The van der Waals surface area contributed by atoms with Crippen LogP contribution in [0.15, 0.2) is 54.6 Å². The Morgan fingerprint density at radius 3 is 2.25 bits per heavy atom. The number of hydrogen-bond donors (Lipinski definition) is 1. The van der Waals surface area contributed by atoms with Gasteiger partial charge in [0.25, 0.3) is 0 Å². The highest BCUT2D eigenvalue weighted by Crippen LogP contribution is 2.36. The Kier molecular flexibility index (Phi) is 11.5. The molecule has 6 heteroatoms. The van der Waals surface area contributed by atoms with Gasteiger partial charge >= 0.3 is 12.1 Å². The van der Waals surface area contributed by atoms with Gasteiger partial charge < -0.3 is 19.5 Å². The lowest BCUT2D eigenvalue weighted by Gasteiger charge is -2.37. The van der Waals surface area contributed by atoms with Crippen LogP contribution in [0, 0.1) is 23.7 Å². The Labute approximate surface area is 241 Å². The van der Waals surface area contributed by atoms with Crippen LogP contribution < -0.4 is 10.1 Å². The van der Waals surface area contributed by atoms with Crippen LogP contribution in [0.2, 0.25) is 0 Å². The maximum Gasteiger partial charge on any atom is 0.407 e. The molecule has 0 radical (unpaired) electrons. The highest BCUT2D eigenvalue weighted by molar-refractivity contribution is 5.73. The van der Waals surface area contributed by atoms with E-state index in [0.29, 0.717) is 37.2 Å². The second kappa shape index (κ2) is 14.6. The van der Waals surface area contributed by atoms with Gasteiger partial charge in [-0.25, -0.2) is 4.79 Å². The quantitative estimate of drug-likeness (QED) is 0.289. The molecule has 0 bridgehead atoms. The van der Waals surface area contributed by atoms with Crippen molar-refractivity contribution in [2.75, 3.05) is 0 Å². The first-order valence-electron chi connectivity index (χ1n) is 14.8. The van der Waals surface area contributed by atoms with Crippen molar-refractivity contribution in [2.45, 2.75) is 105 Å². The van der Waals surface area contributed by atoms with E-state index in [1.165, 1.54) is 6.42 Å². The summed E-state index contributed by atoms with van der Waals surface area (Å²) in [6.07, 6.45) is 3.69. The number of carbonyl (C=O) groups is 2. The highest BCUT2D eigenvalue weighted by Gasteiger charge is 2.35. The lowest BCUT2D eigenvalue weighted by molar-refractivity contribution is -0.160. The summed E-state index contributed by atoms with van der Waals surface area (Å²) >= 11 is 0. The molecule has 1 N–H and O–H groups in total. The fraction of sp³-hybridized carbons (Fsp3) is 0.588. The van der Waals surface area contributed by atoms with E-state index in [-0.39, 0.29) is 24.0 Å². The third kappa shape index (κ3) is 10.5. The number of alkyl carbamates (subject to hydrolysis) is 1. The minimum Gasteiger partial charge on any atom is -0.489 e. The Balaban J connectivity index is 1.64. The van der Waals surface area contributed by atoms with Crippen LogP contribution in [-0.4, -0.2) is 29.8 Å². The number of amides is 1. The minimum atomic E-state index is -0.611. The van der Waals surface area contributed by atoms with E-state index in [1.807, 2.05) is 82.3 Å². The number of benzene rings is 2. The first-order chi connectivity index (χ1) is 18.9. The Morgan fingerprint density at radius 1 is 0.950 bits per heavy atom. The summed E-state index contributed by atoms with van der Waals surface area (Å²) in [4.78, 5) is 25.9. The fourth-order valence-corrected chi connectivity index (χ4v) is 5.45. The van der Waals surface area contributed by atoms with Gasteiger partial charge in [0.15, 0.2) is 0 Å². The first kappa shape index (κ1) is 31.5. The first-order valence-corrected chi connectivity index (χ1v) is 14.8. The molecule has 5 atom stereocenters. The molecule has 40 heavy (non-hydrogen) atoms. The van der Waals surface area contributed by atoms with E-state index < -0.39 is 11.7 Å². The molecule has 1 amide bonds. The van der Waals surface area contributed by atoms with Gasteiger partial charge in [-0.1, -0.05) is 76.6 Å². The van der Waals surface area contributed by atoms with Gasteiger partial charge in [-0.05, 0) is 87.5 Å². The molecule has 1 saturated carbocycles. The van der Waals surface area contributed by atoms with Crippen molar-refractivity contribution in [1.29, 1.82) is 0 Å². The molecule has 0 heterocycles. The number of esters is 1. The summed E-state index contributed by atoms with van der Waals surface area (Å²) in [7, 11) is 0. The van der Waals surface area contributed by atoms with Crippen molar-refractivity contribution in [3.05, 3.63) is 65.7 Å². The molecule has 6 nitrogen and oxygen atoms in total. The molecule has 1 fully saturated rings. The number of ether oxygens (including phenoxy) is 3. The van der Waals surface area contributed by atoms with Crippen molar-refractivity contribution in [3.63, 3.8) is 0 Å². The van der Waals surface area contributed by atoms with E-state index in [9.17, 15) is 9.59 Å². The Hall–Kier alpha value is -3.02. The minimum absolute atomic E-state index is 0.0422. The van der Waals surface area contributed by atoms with Crippen LogP contribution in [0.5, 0.6) is 5.75 Å². The average molecular weight is 552 g/mol. The highest BCUT2D eigenvalue weighted by atomic mass is 16.6. The van der Waals surface area contributed by atoms with Crippen molar-refractivity contribution in [3.8, 4) is 5.75 Å². The van der Waals surface area contributed by atoms with Crippen molar-refractivity contribution in [2.24, 2.45) is 23.7 Å². The fourth-order valence-electron chi connectivity index (χ4n) is 5.45. The van der Waals surface area contributed by atoms with Gasteiger partial charge in [0, 0.05) is 6.04 Å². The molecule has 0 unspecified atom stereocenters. The van der Waals surface area contributed by atoms with E-state index >= 15 is 0 Å². The number of carbonyl (C=O) groups excluding carboxylic acids is 2. The lowest BCUT2D eigenvalue weighted by atomic mass is 9.75. The second-order valence-corrected chi connectivity index (χ2v) is 12.9. The molecule has 2 aromatic rings. The van der Waals surface area contributed by atoms with E-state index in [2.05, 4.69) is 26.1 Å². The van der Waals surface area contributed by atoms with Crippen molar-refractivity contribution < 1.29 is 23.8 Å². The van der Waals surface area contributed by atoms with Crippen LogP contribution in [0.1, 0.15) is 85.3 Å². The van der Waals surface area contributed by atoms with E-state index in [0.717, 1.165) is 29.7 Å². The maximum atomic E-state index is 13.2. The standard InChI is InChI=1S/C34H49NO5/c1-23(2)30-18-13-24(3)19-31(30)39-32(36)25(4)20-28(35-33(37)40-34(5,6)7)21-26-14-16-29(17-15-26)38-22-27-11-9-8-10-12-27/h8-12,14-17,23-25,28,30-31H,13,18-22H2,1-7H3,(H,35,37)/t24-,25+,28-,30+,31-/m1/s1. The third-order valence-electron chi connectivity index (χ3n) is 7.64. The van der Waals surface area contributed by atoms with Crippen LogP contribution >= 0.6 is 0 Å². The number of hydrogen-bond acceptors (Lipinski definition) is 5. The summed E-state index contributed by atoms with van der Waals surface area (Å²) in [6, 6.07) is 17.6. The van der Waals surface area contributed by atoms with Crippen LogP contribution in [0.4, 0.5) is 4.79 Å². The van der Waals surface area contributed by atoms with Gasteiger partial charge in [0.1, 0.15) is 24.1 Å². The zero-order valence-electron chi connectivity index (χ0n) is 25.4. The summed E-state index contributed by atoms with van der Waals surface area (Å²) in [6.45, 7) is 14.6. The molecular weight excluding hydrogens is 502 g/mol. The van der Waals surface area contributed by atoms with Gasteiger partial charge in [-0.15, -0.1) is 0 Å². The smallest absolute Gasteiger partial charge is 0.407 e. The summed E-state index contributed by atoms with van der Waals surface area (Å²) in [5.41, 5.74) is 1.53. The van der Waals surface area contributed by atoms with Gasteiger partial charge in [0.05, 0.1) is 5.92 Å². The molecule has 220 valence electrons. The maximum absolute atomic E-state index is 13.2. The zero-order chi connectivity index (χ0) is 29.3. The van der Waals surface area contributed by atoms with Crippen LogP contribution in [0.25, 0.3) is 0 Å². The number of nitrogens with one attached hydrogen (secondary N) is 1. The Morgan fingerprint density at radius 2 is 1.62 bits per heavy atom. The number of rotatable bonds is 11. The van der Waals surface area contributed by atoms with Crippen LogP contribution in [0.3, 0.4) is 0 Å². The zero-order valence-corrected chi connectivity index (χ0v) is 25.4. The van der Waals surface area contributed by atoms with E-state index in [1.54, 1.807) is 0 Å². The lowest BCUT2D eigenvalue weighted by Crippen LogP contribution is -2.42. The Bertz CT molecular complexity index is 1060. The van der Waals surface area contributed by atoms with Crippen LogP contribution in [-0.2, 0) is 27.3 Å². The third-order valence-corrected chi connectivity index (χ3v) is 7.64. The van der Waals surface area contributed by atoms with E-state index in [4.69, 9.17) is 14.2 Å². The van der Waals surface area contributed by atoms with Gasteiger partial charge in [-0.2, -0.15) is 0 Å². The molecule has 0 saturated heterocycles. The normalized spacial score (nSPS) is 20.9. The molecular formula is C34H49NO5. The SMILES string of the molecule is CC(C)[C@@H]1CC[C@@H](C)C[C@H]1OC(=O)[C@@H](C)C[C@H](Cc1ccc(OCc2ccccc2)cc1)NC(=O)OC(C)(C)C. The molecule has 2 aromatic carbocycles. The monoisotopic (exact) mass is 551 g/mol. The molecule has 1 aliphatic carbocycles. The average Bonchev–Trinajstić information content (AvgIpc) is 2.87. The van der Waals surface area contributed by atoms with Gasteiger partial charge in [-0.3, -0.25) is 4.79 Å². The molecule has 0 spiro atoms. The predicted octanol–water partition coefficient (Wildman–Crippen LogP) is 7.73. The summed E-state index contributed by atoms with van der Waals surface area (Å²) < 4.78 is 17.6. The topological polar surface area (TPSA) is 73.9 Å². The van der Waals surface area contributed by atoms with Crippen molar-refractivity contribution in [1.82, 2.24) is 5.32 Å². The predicted molar refractivity (Wildman–Crippen MR) is 159 cm³/mol. The largest absolute Gasteiger partial charge is 0.489 e.